The first-order chi connectivity index (χ1) is 7.85. The van der Waals surface area contributed by atoms with Gasteiger partial charge in [0.25, 0.3) is 0 Å². The Morgan fingerprint density at radius 2 is 2.06 bits per heavy atom. The van der Waals surface area contributed by atoms with Gasteiger partial charge in [-0.15, -0.1) is 0 Å². The summed E-state index contributed by atoms with van der Waals surface area (Å²) in [5.41, 5.74) is 6.31. The number of alkyl halides is 3. The molecule has 0 aliphatic heterocycles. The average Bonchev–Trinajstić information content (AvgIpc) is 2.55. The van der Waals surface area contributed by atoms with Gasteiger partial charge in [-0.3, -0.25) is 4.90 Å². The van der Waals surface area contributed by atoms with Gasteiger partial charge in [-0.2, -0.15) is 13.2 Å². The molecule has 3 nitrogen and oxygen atoms in total. The number of nitrogens with zero attached hydrogens (tertiary/aromatic N) is 1. The zero-order chi connectivity index (χ0) is 13.1. The average molecular weight is 250 g/mol. The molecule has 0 atom stereocenters. The number of halogens is 3. The molecule has 0 aliphatic rings. The van der Waals surface area contributed by atoms with E-state index in [1.54, 1.807) is 19.9 Å². The third kappa shape index (κ3) is 4.40. The Balaban J connectivity index is 2.67. The molecule has 0 saturated carbocycles. The quantitative estimate of drug-likeness (QED) is 0.872. The van der Waals surface area contributed by atoms with Crippen molar-refractivity contribution in [3.05, 3.63) is 23.2 Å². The van der Waals surface area contributed by atoms with Crippen molar-refractivity contribution >= 4 is 0 Å². The van der Waals surface area contributed by atoms with Crippen molar-refractivity contribution in [3.63, 3.8) is 0 Å². The van der Waals surface area contributed by atoms with Crippen LogP contribution in [0.15, 0.2) is 10.5 Å². The van der Waals surface area contributed by atoms with Gasteiger partial charge >= 0.3 is 6.18 Å². The molecular weight excluding hydrogens is 233 g/mol. The Morgan fingerprint density at radius 3 is 2.47 bits per heavy atom. The first-order valence-electron chi connectivity index (χ1n) is 5.43. The third-order valence-electron chi connectivity index (χ3n) is 2.52. The standard InChI is InChI=1S/C11H17F3N2O/c1-3-16(7-11(12,13)14)6-10-4-9(5-15)8(2)17-10/h4H,3,5-7,15H2,1-2H3. The molecule has 0 fully saturated rings. The van der Waals surface area contributed by atoms with E-state index in [9.17, 15) is 13.2 Å². The molecule has 1 rings (SSSR count). The molecule has 0 unspecified atom stereocenters. The van der Waals surface area contributed by atoms with Crippen LogP contribution in [-0.4, -0.2) is 24.2 Å². The second-order valence-corrected chi connectivity index (χ2v) is 3.92. The van der Waals surface area contributed by atoms with Gasteiger partial charge in [-0.1, -0.05) is 6.92 Å². The van der Waals surface area contributed by atoms with Crippen molar-refractivity contribution in [2.45, 2.75) is 33.1 Å². The van der Waals surface area contributed by atoms with E-state index < -0.39 is 12.7 Å². The van der Waals surface area contributed by atoms with Gasteiger partial charge in [-0.25, -0.2) is 0 Å². The fourth-order valence-corrected chi connectivity index (χ4v) is 1.62. The van der Waals surface area contributed by atoms with E-state index in [0.717, 1.165) is 5.56 Å². The Labute approximate surface area is 98.4 Å². The normalized spacial score (nSPS) is 12.4. The number of aryl methyl sites for hydroxylation is 1. The molecular formula is C11H17F3N2O. The SMILES string of the molecule is CCN(Cc1cc(CN)c(C)o1)CC(F)(F)F. The maximum atomic E-state index is 12.3. The number of hydrogen-bond donors (Lipinski definition) is 1. The number of nitrogens with two attached hydrogens (primary N) is 1. The molecule has 98 valence electrons. The van der Waals surface area contributed by atoms with Gasteiger partial charge in [0.2, 0.25) is 0 Å². The van der Waals surface area contributed by atoms with E-state index >= 15 is 0 Å². The van der Waals surface area contributed by atoms with Crippen LogP contribution >= 0.6 is 0 Å². The second kappa shape index (κ2) is 5.55. The largest absolute Gasteiger partial charge is 0.465 e. The van der Waals surface area contributed by atoms with Crippen LogP contribution in [0.1, 0.15) is 24.0 Å². The Morgan fingerprint density at radius 1 is 1.41 bits per heavy atom. The van der Waals surface area contributed by atoms with Crippen LogP contribution < -0.4 is 5.73 Å². The molecule has 1 heterocycles. The van der Waals surface area contributed by atoms with Crippen molar-refractivity contribution in [2.75, 3.05) is 13.1 Å². The van der Waals surface area contributed by atoms with E-state index in [1.165, 1.54) is 4.90 Å². The highest BCUT2D eigenvalue weighted by Gasteiger charge is 2.30. The lowest BCUT2D eigenvalue weighted by atomic mass is 10.2. The summed E-state index contributed by atoms with van der Waals surface area (Å²) in [7, 11) is 0. The smallest absolute Gasteiger partial charge is 0.401 e. The van der Waals surface area contributed by atoms with E-state index in [4.69, 9.17) is 10.2 Å². The Bertz CT molecular complexity index is 360. The van der Waals surface area contributed by atoms with Gasteiger partial charge in [-0.05, 0) is 19.5 Å². The van der Waals surface area contributed by atoms with Crippen LogP contribution in [0.25, 0.3) is 0 Å². The summed E-state index contributed by atoms with van der Waals surface area (Å²) >= 11 is 0. The molecule has 0 amide bonds. The Kier molecular flexibility index (Phi) is 4.59. The van der Waals surface area contributed by atoms with Crippen LogP contribution in [-0.2, 0) is 13.1 Å². The fourth-order valence-electron chi connectivity index (χ4n) is 1.62. The summed E-state index contributed by atoms with van der Waals surface area (Å²) in [6.07, 6.45) is -4.19. The lowest BCUT2D eigenvalue weighted by Gasteiger charge is -2.20. The summed E-state index contributed by atoms with van der Waals surface area (Å²) < 4.78 is 42.1. The highest BCUT2D eigenvalue weighted by Crippen LogP contribution is 2.20. The molecule has 0 radical (unpaired) electrons. The molecule has 0 saturated heterocycles. The first kappa shape index (κ1) is 14.1. The van der Waals surface area contributed by atoms with Gasteiger partial charge in [0, 0.05) is 12.1 Å². The predicted molar refractivity (Wildman–Crippen MR) is 58.3 cm³/mol. The first-order valence-corrected chi connectivity index (χ1v) is 5.43. The van der Waals surface area contributed by atoms with Gasteiger partial charge in [0.15, 0.2) is 0 Å². The summed E-state index contributed by atoms with van der Waals surface area (Å²) in [5, 5.41) is 0. The monoisotopic (exact) mass is 250 g/mol. The van der Waals surface area contributed by atoms with E-state index in [2.05, 4.69) is 0 Å². The summed E-state index contributed by atoms with van der Waals surface area (Å²) in [6.45, 7) is 3.31. The van der Waals surface area contributed by atoms with E-state index in [1.807, 2.05) is 0 Å². The van der Waals surface area contributed by atoms with Gasteiger partial charge in [0.1, 0.15) is 11.5 Å². The highest BCUT2D eigenvalue weighted by atomic mass is 19.4. The maximum Gasteiger partial charge on any atom is 0.401 e. The molecule has 0 aromatic carbocycles. The van der Waals surface area contributed by atoms with Crippen molar-refractivity contribution in [1.29, 1.82) is 0 Å². The minimum absolute atomic E-state index is 0.150. The highest BCUT2D eigenvalue weighted by molar-refractivity contribution is 5.20. The minimum Gasteiger partial charge on any atom is -0.465 e. The molecule has 2 N–H and O–H groups in total. The number of rotatable bonds is 5. The van der Waals surface area contributed by atoms with Crippen molar-refractivity contribution in [2.24, 2.45) is 5.73 Å². The topological polar surface area (TPSA) is 42.4 Å². The molecule has 17 heavy (non-hydrogen) atoms. The van der Waals surface area contributed by atoms with Crippen LogP contribution in [0.5, 0.6) is 0 Å². The Hall–Kier alpha value is -1.01. The van der Waals surface area contributed by atoms with Crippen LogP contribution in [0.2, 0.25) is 0 Å². The molecule has 6 heteroatoms. The van der Waals surface area contributed by atoms with Crippen molar-refractivity contribution in [1.82, 2.24) is 4.90 Å². The summed E-state index contributed by atoms with van der Waals surface area (Å²) in [4.78, 5) is 1.28. The fraction of sp³-hybridized carbons (Fsp3) is 0.636. The molecule has 1 aromatic heterocycles. The predicted octanol–water partition coefficient (Wildman–Crippen LogP) is 2.43. The zero-order valence-corrected chi connectivity index (χ0v) is 9.97. The molecule has 0 bridgehead atoms. The molecule has 1 aromatic rings. The number of hydrogen-bond acceptors (Lipinski definition) is 3. The second-order valence-electron chi connectivity index (χ2n) is 3.92. The molecule has 0 aliphatic carbocycles. The van der Waals surface area contributed by atoms with E-state index in [0.29, 0.717) is 24.6 Å². The van der Waals surface area contributed by atoms with Crippen LogP contribution in [0, 0.1) is 6.92 Å². The summed E-state index contributed by atoms with van der Waals surface area (Å²) in [6, 6.07) is 1.72. The lowest BCUT2D eigenvalue weighted by molar-refractivity contribution is -0.147. The maximum absolute atomic E-state index is 12.3. The molecule has 0 spiro atoms. The van der Waals surface area contributed by atoms with Gasteiger partial charge < -0.3 is 10.2 Å². The van der Waals surface area contributed by atoms with Crippen molar-refractivity contribution < 1.29 is 17.6 Å². The van der Waals surface area contributed by atoms with E-state index in [-0.39, 0.29) is 6.54 Å². The summed E-state index contributed by atoms with van der Waals surface area (Å²) in [5.74, 6) is 1.19. The minimum atomic E-state index is -4.19. The van der Waals surface area contributed by atoms with Gasteiger partial charge in [0.05, 0.1) is 13.1 Å². The van der Waals surface area contributed by atoms with Crippen LogP contribution in [0.4, 0.5) is 13.2 Å². The lowest BCUT2D eigenvalue weighted by Crippen LogP contribution is -2.33. The number of furan rings is 1. The van der Waals surface area contributed by atoms with Crippen molar-refractivity contribution in [3.8, 4) is 0 Å². The van der Waals surface area contributed by atoms with Crippen LogP contribution in [0.3, 0.4) is 0 Å². The third-order valence-corrected chi connectivity index (χ3v) is 2.52. The zero-order valence-electron chi connectivity index (χ0n) is 9.97.